The highest BCUT2D eigenvalue weighted by Crippen LogP contribution is 2.24. The molecule has 2 rings (SSSR count). The molecule has 0 aromatic heterocycles. The summed E-state index contributed by atoms with van der Waals surface area (Å²) in [5, 5.41) is 4.15. The Hall–Kier alpha value is -0.520. The highest BCUT2D eigenvalue weighted by molar-refractivity contribution is 9.09. The number of benzene rings is 1. The molecule has 0 unspecified atom stereocenters. The molecular formula is C11H10BrClN2OS. The van der Waals surface area contributed by atoms with Gasteiger partial charge in [0.25, 0.3) is 0 Å². The lowest BCUT2D eigenvalue weighted by Crippen LogP contribution is -2.30. The molecule has 1 aliphatic rings. The highest BCUT2D eigenvalue weighted by Gasteiger charge is 2.19. The lowest BCUT2D eigenvalue weighted by atomic mass is 10.1. The quantitative estimate of drug-likeness (QED) is 0.845. The van der Waals surface area contributed by atoms with Gasteiger partial charge in [0.15, 0.2) is 5.17 Å². The summed E-state index contributed by atoms with van der Waals surface area (Å²) >= 11 is 10.7. The molecule has 0 aliphatic carbocycles. The monoisotopic (exact) mass is 332 g/mol. The molecule has 0 radical (unpaired) electrons. The zero-order valence-electron chi connectivity index (χ0n) is 8.82. The van der Waals surface area contributed by atoms with Crippen LogP contribution < -0.4 is 5.32 Å². The van der Waals surface area contributed by atoms with E-state index in [-0.39, 0.29) is 10.7 Å². The molecule has 1 N–H and O–H groups in total. The fraction of sp³-hybridized carbons (Fsp3) is 0.273. The summed E-state index contributed by atoms with van der Waals surface area (Å²) in [4.78, 5) is 15.7. The van der Waals surface area contributed by atoms with E-state index in [1.54, 1.807) is 23.9 Å². The number of halogens is 2. The van der Waals surface area contributed by atoms with Crippen LogP contribution in [-0.2, 0) is 4.79 Å². The Labute approximate surface area is 117 Å². The fourth-order valence-corrected chi connectivity index (χ4v) is 2.64. The zero-order valence-corrected chi connectivity index (χ0v) is 12.0. The topological polar surface area (TPSA) is 41.5 Å². The van der Waals surface area contributed by atoms with Gasteiger partial charge in [0.05, 0.1) is 6.54 Å². The molecule has 0 fully saturated rings. The number of hydrogen-bond donors (Lipinski definition) is 1. The van der Waals surface area contributed by atoms with Crippen LogP contribution in [0.3, 0.4) is 0 Å². The Morgan fingerprint density at radius 2 is 2.18 bits per heavy atom. The van der Waals surface area contributed by atoms with Gasteiger partial charge in [-0.1, -0.05) is 51.4 Å². The molecule has 1 heterocycles. The van der Waals surface area contributed by atoms with E-state index >= 15 is 0 Å². The Balaban J connectivity index is 2.01. The third kappa shape index (κ3) is 3.47. The summed E-state index contributed by atoms with van der Waals surface area (Å²) in [6.45, 7) is 0.772. The minimum absolute atomic E-state index is 0.111. The molecule has 0 saturated carbocycles. The average Bonchev–Trinajstić information content (AvgIpc) is 2.82. The van der Waals surface area contributed by atoms with Gasteiger partial charge in [-0.15, -0.1) is 0 Å². The van der Waals surface area contributed by atoms with Crippen molar-refractivity contribution in [2.75, 3.05) is 12.3 Å². The molecule has 6 heteroatoms. The second kappa shape index (κ2) is 5.89. The summed E-state index contributed by atoms with van der Waals surface area (Å²) in [7, 11) is 0. The first-order valence-corrected chi connectivity index (χ1v) is 7.32. The zero-order chi connectivity index (χ0) is 12.3. The van der Waals surface area contributed by atoms with Crippen molar-refractivity contribution in [2.24, 2.45) is 4.99 Å². The van der Waals surface area contributed by atoms with Crippen LogP contribution in [0.2, 0.25) is 5.02 Å². The van der Waals surface area contributed by atoms with Crippen LogP contribution in [0, 0.1) is 0 Å². The van der Waals surface area contributed by atoms with Crippen molar-refractivity contribution in [1.82, 2.24) is 5.32 Å². The van der Waals surface area contributed by atoms with Crippen molar-refractivity contribution in [3.8, 4) is 0 Å². The van der Waals surface area contributed by atoms with E-state index < -0.39 is 0 Å². The number of carbonyl (C=O) groups excluding carboxylic acids is 1. The summed E-state index contributed by atoms with van der Waals surface area (Å²) in [6.07, 6.45) is 0. The third-order valence-electron chi connectivity index (χ3n) is 2.21. The van der Waals surface area contributed by atoms with Crippen LogP contribution in [0.4, 0.5) is 0 Å². The average molecular weight is 334 g/mol. The van der Waals surface area contributed by atoms with Gasteiger partial charge in [-0.25, -0.2) is 0 Å². The predicted octanol–water partition coefficient (Wildman–Crippen LogP) is 3.00. The second-order valence-electron chi connectivity index (χ2n) is 3.44. The van der Waals surface area contributed by atoms with Crippen molar-refractivity contribution in [3.63, 3.8) is 0 Å². The van der Waals surface area contributed by atoms with Crippen molar-refractivity contribution < 1.29 is 4.79 Å². The van der Waals surface area contributed by atoms with E-state index in [0.29, 0.717) is 10.2 Å². The minimum atomic E-state index is -0.385. The second-order valence-corrected chi connectivity index (χ2v) is 5.87. The number of nitrogens with one attached hydrogen (secondary N) is 1. The number of nitrogens with zero attached hydrogens (tertiary/aromatic N) is 1. The number of alkyl halides is 1. The Kier molecular flexibility index (Phi) is 4.48. The number of aliphatic imine (C=N–C) groups is 1. The van der Waals surface area contributed by atoms with E-state index in [4.69, 9.17) is 11.6 Å². The molecule has 1 aliphatic heterocycles. The number of amidine groups is 1. The van der Waals surface area contributed by atoms with Gasteiger partial charge in [0.2, 0.25) is 5.91 Å². The smallest absolute Gasteiger partial charge is 0.244 e. The maximum atomic E-state index is 11.9. The molecule has 1 aromatic carbocycles. The molecule has 0 bridgehead atoms. The molecule has 17 heavy (non-hydrogen) atoms. The SMILES string of the molecule is O=C(NC1=NCCS1)[C@H](Br)c1ccc(Cl)cc1. The maximum Gasteiger partial charge on any atom is 0.244 e. The summed E-state index contributed by atoms with van der Waals surface area (Å²) in [5.41, 5.74) is 0.871. The van der Waals surface area contributed by atoms with Gasteiger partial charge < -0.3 is 5.32 Å². The summed E-state index contributed by atoms with van der Waals surface area (Å²) in [6, 6.07) is 7.18. The Morgan fingerprint density at radius 1 is 1.47 bits per heavy atom. The van der Waals surface area contributed by atoms with Gasteiger partial charge >= 0.3 is 0 Å². The fourth-order valence-electron chi connectivity index (χ4n) is 1.36. The van der Waals surface area contributed by atoms with Crippen LogP contribution in [0.25, 0.3) is 0 Å². The molecule has 0 spiro atoms. The molecule has 0 saturated heterocycles. The van der Waals surface area contributed by atoms with Gasteiger partial charge in [-0.05, 0) is 17.7 Å². The van der Waals surface area contributed by atoms with E-state index in [0.717, 1.165) is 17.9 Å². The van der Waals surface area contributed by atoms with Crippen LogP contribution >= 0.6 is 39.3 Å². The normalized spacial score (nSPS) is 16.5. The lowest BCUT2D eigenvalue weighted by molar-refractivity contribution is -0.119. The van der Waals surface area contributed by atoms with E-state index in [2.05, 4.69) is 26.2 Å². The summed E-state index contributed by atoms with van der Waals surface area (Å²) in [5.74, 6) is 0.823. The number of rotatable bonds is 2. The molecular weight excluding hydrogens is 324 g/mol. The van der Waals surface area contributed by atoms with E-state index in [9.17, 15) is 4.79 Å². The van der Waals surface area contributed by atoms with Crippen LogP contribution in [0.1, 0.15) is 10.4 Å². The summed E-state index contributed by atoms with van der Waals surface area (Å²) < 4.78 is 0. The van der Waals surface area contributed by atoms with Crippen molar-refractivity contribution in [1.29, 1.82) is 0 Å². The highest BCUT2D eigenvalue weighted by atomic mass is 79.9. The maximum absolute atomic E-state index is 11.9. The minimum Gasteiger partial charge on any atom is -0.304 e. The van der Waals surface area contributed by atoms with Crippen LogP contribution in [-0.4, -0.2) is 23.4 Å². The lowest BCUT2D eigenvalue weighted by Gasteiger charge is -2.10. The molecule has 1 amide bonds. The molecule has 1 atom stereocenters. The largest absolute Gasteiger partial charge is 0.304 e. The first-order valence-electron chi connectivity index (χ1n) is 5.04. The number of thioether (sulfide) groups is 1. The Morgan fingerprint density at radius 3 is 2.76 bits per heavy atom. The first-order chi connectivity index (χ1) is 8.16. The Bertz CT molecular complexity index is 449. The van der Waals surface area contributed by atoms with Gasteiger partial charge in [0, 0.05) is 10.8 Å². The standard InChI is InChI=1S/C11H10BrClN2OS/c12-9(7-1-3-8(13)4-2-7)10(16)15-11-14-5-6-17-11/h1-4,9H,5-6H2,(H,14,15,16)/t9-/m1/s1. The molecule has 90 valence electrons. The van der Waals surface area contributed by atoms with Gasteiger partial charge in [-0.3, -0.25) is 9.79 Å². The van der Waals surface area contributed by atoms with Crippen LogP contribution in [0.15, 0.2) is 29.3 Å². The first kappa shape index (κ1) is 12.9. The van der Waals surface area contributed by atoms with Crippen LogP contribution in [0.5, 0.6) is 0 Å². The van der Waals surface area contributed by atoms with Gasteiger partial charge in [0.1, 0.15) is 4.83 Å². The van der Waals surface area contributed by atoms with Crippen molar-refractivity contribution >= 4 is 50.4 Å². The van der Waals surface area contributed by atoms with E-state index in [1.165, 1.54) is 0 Å². The number of carbonyl (C=O) groups is 1. The third-order valence-corrected chi connectivity index (χ3v) is 4.30. The van der Waals surface area contributed by atoms with E-state index in [1.807, 2.05) is 12.1 Å². The number of amides is 1. The van der Waals surface area contributed by atoms with Gasteiger partial charge in [-0.2, -0.15) is 0 Å². The van der Waals surface area contributed by atoms with Crippen molar-refractivity contribution in [3.05, 3.63) is 34.9 Å². The number of hydrogen-bond acceptors (Lipinski definition) is 3. The molecule has 3 nitrogen and oxygen atoms in total. The predicted molar refractivity (Wildman–Crippen MR) is 76.0 cm³/mol. The molecule has 1 aromatic rings. The van der Waals surface area contributed by atoms with Crippen molar-refractivity contribution in [2.45, 2.75) is 4.83 Å².